The zero-order valence-corrected chi connectivity index (χ0v) is 9.50. The highest BCUT2D eigenvalue weighted by atomic mass is 16.8. The van der Waals surface area contributed by atoms with Crippen molar-refractivity contribution in [2.75, 3.05) is 19.8 Å². The minimum absolute atomic E-state index is 0.124. The zero-order chi connectivity index (χ0) is 11.5. The second kappa shape index (κ2) is 3.38. The van der Waals surface area contributed by atoms with Gasteiger partial charge in [-0.2, -0.15) is 5.06 Å². The van der Waals surface area contributed by atoms with Crippen LogP contribution in [-0.2, 0) is 19.1 Å². The SMILES string of the molecule is O=C1C=CC2(OCCO2)[C@H]2ON3CCC[C@@H]3[C@@H]12. The monoisotopic (exact) mass is 237 g/mol. The summed E-state index contributed by atoms with van der Waals surface area (Å²) in [7, 11) is 0. The molecular weight excluding hydrogens is 222 g/mol. The van der Waals surface area contributed by atoms with Gasteiger partial charge in [-0.1, -0.05) is 0 Å². The Morgan fingerprint density at radius 3 is 3.00 bits per heavy atom. The first kappa shape index (κ1) is 10.2. The average Bonchev–Trinajstić information content (AvgIpc) is 2.99. The summed E-state index contributed by atoms with van der Waals surface area (Å²) in [5.41, 5.74) is 0. The normalized spacial score (nSPS) is 43.3. The standard InChI is InChI=1S/C12H15NO4/c14-9-3-4-12(15-6-7-16-12)11-10(9)8-2-1-5-13(8)17-11/h3-4,8,10-11H,1-2,5-7H2/t8-,10+,11+/m1/s1. The number of hydroxylamine groups is 2. The lowest BCUT2D eigenvalue weighted by atomic mass is 9.81. The van der Waals surface area contributed by atoms with Crippen molar-refractivity contribution < 1.29 is 19.1 Å². The summed E-state index contributed by atoms with van der Waals surface area (Å²) in [4.78, 5) is 18.0. The molecule has 3 atom stereocenters. The van der Waals surface area contributed by atoms with E-state index in [1.165, 1.54) is 0 Å². The minimum atomic E-state index is -0.817. The smallest absolute Gasteiger partial charge is 0.218 e. The number of fused-ring (bicyclic) bond motifs is 4. The largest absolute Gasteiger partial charge is 0.342 e. The first-order valence-electron chi connectivity index (χ1n) is 6.25. The van der Waals surface area contributed by atoms with Crippen molar-refractivity contribution >= 4 is 5.78 Å². The fraction of sp³-hybridized carbons (Fsp3) is 0.750. The van der Waals surface area contributed by atoms with Gasteiger partial charge in [0.05, 0.1) is 19.1 Å². The second-order valence-corrected chi connectivity index (χ2v) is 5.06. The minimum Gasteiger partial charge on any atom is -0.342 e. The van der Waals surface area contributed by atoms with E-state index in [2.05, 4.69) is 0 Å². The lowest BCUT2D eigenvalue weighted by Gasteiger charge is -2.35. The van der Waals surface area contributed by atoms with Crippen LogP contribution in [0, 0.1) is 5.92 Å². The lowest BCUT2D eigenvalue weighted by molar-refractivity contribution is -0.253. The van der Waals surface area contributed by atoms with Crippen LogP contribution in [0.2, 0.25) is 0 Å². The number of hydrogen-bond donors (Lipinski definition) is 0. The van der Waals surface area contributed by atoms with Crippen molar-refractivity contribution in [3.63, 3.8) is 0 Å². The lowest BCUT2D eigenvalue weighted by Crippen LogP contribution is -2.51. The Labute approximate surface area is 99.3 Å². The van der Waals surface area contributed by atoms with Gasteiger partial charge in [0, 0.05) is 12.6 Å². The number of hydrogen-bond acceptors (Lipinski definition) is 5. The predicted molar refractivity (Wildman–Crippen MR) is 56.9 cm³/mol. The van der Waals surface area contributed by atoms with E-state index in [0.717, 1.165) is 19.4 Å². The maximum absolute atomic E-state index is 12.1. The Morgan fingerprint density at radius 1 is 1.35 bits per heavy atom. The number of allylic oxidation sites excluding steroid dienone is 1. The Bertz CT molecular complexity index is 388. The molecule has 3 aliphatic heterocycles. The molecule has 0 bridgehead atoms. The average molecular weight is 237 g/mol. The van der Waals surface area contributed by atoms with Crippen LogP contribution in [0.5, 0.6) is 0 Å². The fourth-order valence-corrected chi connectivity index (χ4v) is 3.44. The molecule has 0 aromatic carbocycles. The van der Waals surface area contributed by atoms with Crippen molar-refractivity contribution in [3.8, 4) is 0 Å². The summed E-state index contributed by atoms with van der Waals surface area (Å²) in [6.45, 7) is 2.03. The molecule has 3 heterocycles. The second-order valence-electron chi connectivity index (χ2n) is 5.06. The third-order valence-corrected chi connectivity index (χ3v) is 4.18. The van der Waals surface area contributed by atoms with Crippen molar-refractivity contribution in [2.24, 2.45) is 5.92 Å². The molecule has 5 nitrogen and oxygen atoms in total. The van der Waals surface area contributed by atoms with E-state index in [9.17, 15) is 4.79 Å². The number of ketones is 1. The third kappa shape index (κ3) is 1.25. The van der Waals surface area contributed by atoms with E-state index in [0.29, 0.717) is 13.2 Å². The summed E-state index contributed by atoms with van der Waals surface area (Å²) in [5, 5.41) is 1.95. The molecule has 3 saturated heterocycles. The maximum atomic E-state index is 12.1. The van der Waals surface area contributed by atoms with Crippen LogP contribution >= 0.6 is 0 Å². The molecule has 1 aliphatic carbocycles. The number of carbonyl (C=O) groups is 1. The van der Waals surface area contributed by atoms with Crippen LogP contribution in [0.3, 0.4) is 0 Å². The molecule has 17 heavy (non-hydrogen) atoms. The summed E-state index contributed by atoms with van der Waals surface area (Å²) < 4.78 is 11.4. The molecule has 0 amide bonds. The summed E-state index contributed by atoms with van der Waals surface area (Å²) >= 11 is 0. The molecule has 3 fully saturated rings. The number of rotatable bonds is 0. The van der Waals surface area contributed by atoms with Gasteiger partial charge in [-0.05, 0) is 25.0 Å². The molecule has 0 N–H and O–H groups in total. The Hall–Kier alpha value is -0.750. The van der Waals surface area contributed by atoms with Crippen molar-refractivity contribution in [1.82, 2.24) is 5.06 Å². The highest BCUT2D eigenvalue weighted by molar-refractivity contribution is 5.94. The maximum Gasteiger partial charge on any atom is 0.218 e. The zero-order valence-electron chi connectivity index (χ0n) is 9.50. The Balaban J connectivity index is 1.74. The van der Waals surface area contributed by atoms with Crippen LogP contribution in [0.1, 0.15) is 12.8 Å². The van der Waals surface area contributed by atoms with Crippen LogP contribution in [0.4, 0.5) is 0 Å². The van der Waals surface area contributed by atoms with Crippen LogP contribution in [-0.4, -0.2) is 48.5 Å². The summed E-state index contributed by atoms with van der Waals surface area (Å²) in [6, 6.07) is 0.210. The predicted octanol–water partition coefficient (Wildman–Crippen LogP) is 0.263. The number of carbonyl (C=O) groups excluding carboxylic acids is 1. The number of nitrogens with zero attached hydrogens (tertiary/aromatic N) is 1. The highest BCUT2D eigenvalue weighted by Gasteiger charge is 2.60. The summed E-state index contributed by atoms with van der Waals surface area (Å²) in [6.07, 6.45) is 5.16. The van der Waals surface area contributed by atoms with E-state index in [4.69, 9.17) is 14.3 Å². The molecule has 4 rings (SSSR count). The van der Waals surface area contributed by atoms with Gasteiger partial charge in [0.15, 0.2) is 5.78 Å². The molecular formula is C12H15NO4. The van der Waals surface area contributed by atoms with E-state index in [1.807, 2.05) is 5.06 Å². The number of ether oxygens (including phenoxy) is 2. The molecule has 5 heteroatoms. The van der Waals surface area contributed by atoms with E-state index >= 15 is 0 Å². The van der Waals surface area contributed by atoms with Crippen molar-refractivity contribution in [2.45, 2.75) is 30.8 Å². The van der Waals surface area contributed by atoms with Gasteiger partial charge in [0.2, 0.25) is 5.79 Å². The molecule has 0 saturated carbocycles. The first-order valence-corrected chi connectivity index (χ1v) is 6.25. The fourth-order valence-electron chi connectivity index (χ4n) is 3.44. The molecule has 4 aliphatic rings. The molecule has 0 aromatic heterocycles. The van der Waals surface area contributed by atoms with E-state index in [1.54, 1.807) is 12.2 Å². The van der Waals surface area contributed by atoms with Gasteiger partial charge in [0.25, 0.3) is 0 Å². The summed E-state index contributed by atoms with van der Waals surface area (Å²) in [5.74, 6) is -0.794. The molecule has 0 unspecified atom stereocenters. The highest BCUT2D eigenvalue weighted by Crippen LogP contribution is 2.45. The van der Waals surface area contributed by atoms with Gasteiger partial charge in [-0.15, -0.1) is 0 Å². The van der Waals surface area contributed by atoms with Crippen LogP contribution in [0.15, 0.2) is 12.2 Å². The van der Waals surface area contributed by atoms with E-state index in [-0.39, 0.29) is 23.8 Å². The molecule has 0 radical (unpaired) electrons. The van der Waals surface area contributed by atoms with Crippen molar-refractivity contribution in [3.05, 3.63) is 12.2 Å². The van der Waals surface area contributed by atoms with Gasteiger partial charge < -0.3 is 9.47 Å². The third-order valence-electron chi connectivity index (χ3n) is 4.18. The van der Waals surface area contributed by atoms with Gasteiger partial charge >= 0.3 is 0 Å². The topological polar surface area (TPSA) is 48.0 Å². The van der Waals surface area contributed by atoms with E-state index < -0.39 is 5.79 Å². The first-order chi connectivity index (χ1) is 8.30. The van der Waals surface area contributed by atoms with Gasteiger partial charge in [0.1, 0.15) is 6.10 Å². The van der Waals surface area contributed by atoms with Crippen LogP contribution < -0.4 is 0 Å². The van der Waals surface area contributed by atoms with Gasteiger partial charge in [-0.3, -0.25) is 9.63 Å². The molecule has 92 valence electrons. The molecule has 0 aromatic rings. The Kier molecular flexibility index (Phi) is 2.03. The van der Waals surface area contributed by atoms with Crippen molar-refractivity contribution in [1.29, 1.82) is 0 Å². The molecule has 1 spiro atoms. The van der Waals surface area contributed by atoms with Crippen LogP contribution in [0.25, 0.3) is 0 Å². The Morgan fingerprint density at radius 2 is 2.18 bits per heavy atom. The van der Waals surface area contributed by atoms with Gasteiger partial charge in [-0.25, -0.2) is 0 Å². The quantitative estimate of drug-likeness (QED) is 0.605.